The molecule has 0 aliphatic rings. The van der Waals surface area contributed by atoms with E-state index in [2.05, 4.69) is 26.0 Å². The van der Waals surface area contributed by atoms with Crippen molar-refractivity contribution in [2.45, 2.75) is 225 Å². The lowest BCUT2D eigenvalue weighted by atomic mass is 10.0. The summed E-state index contributed by atoms with van der Waals surface area (Å²) in [5.41, 5.74) is 1.26. The zero-order chi connectivity index (χ0) is 40.4. The summed E-state index contributed by atoms with van der Waals surface area (Å²) in [6, 6.07) is 10.4. The van der Waals surface area contributed by atoms with Crippen molar-refractivity contribution in [2.75, 3.05) is 44.1 Å². The summed E-state index contributed by atoms with van der Waals surface area (Å²) in [5.74, 6) is 0. The molecule has 9 heteroatoms. The van der Waals surface area contributed by atoms with Crippen LogP contribution < -0.4 is 24.8 Å². The Bertz CT molecular complexity index is 869. The van der Waals surface area contributed by atoms with E-state index in [4.69, 9.17) is 0 Å². The maximum Gasteiger partial charge on any atom is 0.158 e. The molecule has 0 radical (unpaired) electrons. The van der Waals surface area contributed by atoms with Gasteiger partial charge in [-0.2, -0.15) is 0 Å². The van der Waals surface area contributed by atoms with Crippen molar-refractivity contribution in [1.82, 2.24) is 0 Å². The molecule has 0 bridgehead atoms. The Hall–Kier alpha value is 0.460. The molecule has 57 heavy (non-hydrogen) atoms. The van der Waals surface area contributed by atoms with E-state index in [1.807, 2.05) is 18.2 Å². The Morgan fingerprint density at radius 2 is 0.544 bits per heavy atom. The van der Waals surface area contributed by atoms with E-state index in [9.17, 15) is 25.5 Å². The number of aliphatic hydroxyl groups is 5. The van der Waals surface area contributed by atoms with Crippen LogP contribution in [0.1, 0.15) is 225 Å². The van der Waals surface area contributed by atoms with Crippen molar-refractivity contribution in [3.63, 3.8) is 0 Å². The first-order chi connectivity index (χ1) is 27.0. The maximum absolute atomic E-state index is 9.95. The van der Waals surface area contributed by atoms with Crippen LogP contribution in [0.15, 0.2) is 30.3 Å². The normalized spacial score (nSPS) is 11.5. The first-order valence-corrected chi connectivity index (χ1v) is 28.8. The highest BCUT2D eigenvalue weighted by Gasteiger charge is 2.36. The molecule has 1 aromatic rings. The van der Waals surface area contributed by atoms with Crippen molar-refractivity contribution < 1.29 is 50.3 Å². The minimum Gasteiger partial charge on any atom is -1.00 e. The van der Waals surface area contributed by atoms with E-state index in [1.54, 1.807) is 0 Å². The van der Waals surface area contributed by atoms with Crippen LogP contribution in [-0.2, 0) is 6.16 Å². The summed E-state index contributed by atoms with van der Waals surface area (Å²) in [6.07, 6.45) is 46.7. The minimum absolute atomic E-state index is 0. The second-order valence-electron chi connectivity index (χ2n) is 17.1. The number of rotatable bonds is 41. The van der Waals surface area contributed by atoms with Crippen LogP contribution in [0.3, 0.4) is 0 Å². The lowest BCUT2D eigenvalue weighted by Crippen LogP contribution is -3.00. The highest BCUT2D eigenvalue weighted by molar-refractivity contribution is 7.75. The molecule has 0 unspecified atom stereocenters. The molecule has 0 atom stereocenters. The fourth-order valence-corrected chi connectivity index (χ4v) is 11.9. The van der Waals surface area contributed by atoms with Crippen molar-refractivity contribution in [2.24, 2.45) is 0 Å². The zero-order valence-corrected chi connectivity index (χ0v) is 40.9. The van der Waals surface area contributed by atoms with E-state index < -0.39 is 14.5 Å². The van der Waals surface area contributed by atoms with Gasteiger partial charge in [0, 0.05) is 0 Å². The van der Waals surface area contributed by atoms with Crippen molar-refractivity contribution in [1.29, 1.82) is 0 Å². The summed E-state index contributed by atoms with van der Waals surface area (Å²) in [4.78, 5) is 0. The number of unbranched alkanes of at least 4 members (excludes halogenated alkanes) is 30. The highest BCUT2D eigenvalue weighted by atomic mass is 35.5. The SMILES string of the molecule is CCCCCCCCCCCCCCCCCC[P+](CO)(CO)CO.CCCCCCCCCCCCCCCCCC[P+](CO)(CO)Cc1ccccc1.[Cl-].[Cl-]. The van der Waals surface area contributed by atoms with Crippen LogP contribution >= 0.6 is 14.5 Å². The third-order valence-electron chi connectivity index (χ3n) is 11.8. The van der Waals surface area contributed by atoms with Crippen LogP contribution in [-0.4, -0.2) is 69.6 Å². The van der Waals surface area contributed by atoms with Crippen LogP contribution in [0, 0.1) is 0 Å². The lowest BCUT2D eigenvalue weighted by molar-refractivity contribution is -0.001000. The second-order valence-corrected chi connectivity index (χ2v) is 25.1. The van der Waals surface area contributed by atoms with E-state index >= 15 is 0 Å². The first-order valence-electron chi connectivity index (χ1n) is 23.8. The number of halogens is 2. The fourth-order valence-electron chi connectivity index (χ4n) is 7.67. The first kappa shape index (κ1) is 61.8. The maximum atomic E-state index is 9.95. The van der Waals surface area contributed by atoms with Crippen LogP contribution in [0.5, 0.6) is 0 Å². The highest BCUT2D eigenvalue weighted by Crippen LogP contribution is 2.60. The molecule has 0 heterocycles. The van der Waals surface area contributed by atoms with Crippen LogP contribution in [0.4, 0.5) is 0 Å². The summed E-state index contributed by atoms with van der Waals surface area (Å²) in [7, 11) is -3.52. The number of hydrogen-bond donors (Lipinski definition) is 5. The Morgan fingerprint density at radius 1 is 0.316 bits per heavy atom. The van der Waals surface area contributed by atoms with E-state index in [0.717, 1.165) is 31.3 Å². The molecule has 0 fully saturated rings. The van der Waals surface area contributed by atoms with Gasteiger partial charge >= 0.3 is 0 Å². The molecule has 1 rings (SSSR count). The molecule has 342 valence electrons. The van der Waals surface area contributed by atoms with Gasteiger partial charge in [0.25, 0.3) is 0 Å². The summed E-state index contributed by atoms with van der Waals surface area (Å²) >= 11 is 0. The molecular weight excluding hydrogens is 789 g/mol. The standard InChI is InChI=1S/C27H50O2P.C21H46O3P.2ClH/c1-2-3-4-5-6-7-8-9-10-11-12-13-14-15-16-20-23-30(25-28,26-29)24-27-21-18-17-19-22-27;1-2-3-4-5-6-7-8-9-10-11-12-13-14-15-16-17-18-25(19-22,20-23)21-24;;/h17-19,21-22,28-29H,2-16,20,23-26H2,1H3;22-24H,2-21H2,1H3;2*1H/q2*+1;;/p-2. The quantitative estimate of drug-likeness (QED) is 0.0336. The smallest absolute Gasteiger partial charge is 0.158 e. The van der Waals surface area contributed by atoms with Gasteiger partial charge in [-0.25, -0.2) is 0 Å². The average Bonchev–Trinajstić information content (AvgIpc) is 3.22. The van der Waals surface area contributed by atoms with Gasteiger partial charge in [0.15, 0.2) is 31.7 Å². The largest absolute Gasteiger partial charge is 1.00 e. The van der Waals surface area contributed by atoms with Gasteiger partial charge in [0.1, 0.15) is 0 Å². The summed E-state index contributed by atoms with van der Waals surface area (Å²) < 4.78 is 0. The number of hydrogen-bond acceptors (Lipinski definition) is 5. The molecule has 0 aromatic heterocycles. The van der Waals surface area contributed by atoms with Gasteiger partial charge in [-0.05, 0) is 31.2 Å². The average molecular weight is 886 g/mol. The molecule has 0 saturated carbocycles. The van der Waals surface area contributed by atoms with E-state index in [0.29, 0.717) is 0 Å². The molecule has 0 spiro atoms. The van der Waals surface area contributed by atoms with Gasteiger partial charge in [-0.15, -0.1) is 0 Å². The van der Waals surface area contributed by atoms with Gasteiger partial charge in [0.05, 0.1) is 33.0 Å². The molecular formula is C48H96Cl2O5P2. The van der Waals surface area contributed by atoms with Gasteiger partial charge < -0.3 is 50.3 Å². The zero-order valence-electron chi connectivity index (χ0n) is 37.6. The van der Waals surface area contributed by atoms with Crippen molar-refractivity contribution in [3.8, 4) is 0 Å². The van der Waals surface area contributed by atoms with Crippen molar-refractivity contribution in [3.05, 3.63) is 35.9 Å². The number of benzene rings is 1. The fraction of sp³-hybridized carbons (Fsp3) is 0.875. The predicted molar refractivity (Wildman–Crippen MR) is 248 cm³/mol. The minimum atomic E-state index is -1.86. The topological polar surface area (TPSA) is 101 Å². The Kier molecular flexibility index (Phi) is 51.5. The van der Waals surface area contributed by atoms with E-state index in [-0.39, 0.29) is 56.6 Å². The van der Waals surface area contributed by atoms with Gasteiger partial charge in [0.2, 0.25) is 0 Å². The molecule has 1 aromatic carbocycles. The molecule has 0 amide bonds. The van der Waals surface area contributed by atoms with Crippen molar-refractivity contribution >= 4 is 14.5 Å². The van der Waals surface area contributed by atoms with Gasteiger partial charge in [-0.1, -0.05) is 224 Å². The second kappa shape index (κ2) is 47.5. The molecule has 5 N–H and O–H groups in total. The Balaban J connectivity index is -0.00000100. The Morgan fingerprint density at radius 3 is 0.789 bits per heavy atom. The third-order valence-corrected chi connectivity index (χ3v) is 18.4. The monoisotopic (exact) mass is 885 g/mol. The third kappa shape index (κ3) is 37.9. The molecule has 0 saturated heterocycles. The summed E-state index contributed by atoms with van der Waals surface area (Å²) in [5, 5.41) is 47.9. The summed E-state index contributed by atoms with van der Waals surface area (Å²) in [6.45, 7) is 4.56. The van der Waals surface area contributed by atoms with Gasteiger partial charge in [-0.3, -0.25) is 0 Å². The predicted octanol–water partition coefficient (Wildman–Crippen LogP) is 8.49. The van der Waals surface area contributed by atoms with E-state index in [1.165, 1.54) is 198 Å². The molecule has 5 nitrogen and oxygen atoms in total. The Labute approximate surface area is 368 Å². The number of aliphatic hydroxyl groups excluding tert-OH is 5. The van der Waals surface area contributed by atoms with Crippen LogP contribution in [0.25, 0.3) is 0 Å². The molecule has 0 aliphatic carbocycles. The molecule has 0 aliphatic heterocycles. The lowest BCUT2D eigenvalue weighted by Gasteiger charge is -2.23. The van der Waals surface area contributed by atoms with Crippen LogP contribution in [0.2, 0.25) is 0 Å².